The number of carboxylic acids is 1. The SMILES string of the molecule is CNC(C(=O)O)C1Oc2ccc(Br)nc2NC1=O. The second-order valence-corrected chi connectivity index (χ2v) is 4.43. The third kappa shape index (κ3) is 2.29. The molecule has 0 spiro atoms. The number of carboxylic acid groups (broad SMARTS) is 1. The maximum Gasteiger partial charge on any atom is 0.325 e. The highest BCUT2D eigenvalue weighted by molar-refractivity contribution is 9.10. The lowest BCUT2D eigenvalue weighted by molar-refractivity contribution is -0.145. The molecule has 3 N–H and O–H groups in total. The molecule has 18 heavy (non-hydrogen) atoms. The topological polar surface area (TPSA) is 101 Å². The molecule has 0 aromatic carbocycles. The van der Waals surface area contributed by atoms with E-state index in [-0.39, 0.29) is 5.82 Å². The van der Waals surface area contributed by atoms with Gasteiger partial charge in [-0.3, -0.25) is 9.59 Å². The molecule has 1 aromatic rings. The summed E-state index contributed by atoms with van der Waals surface area (Å²) in [4.78, 5) is 26.8. The molecular formula is C10H10BrN3O4. The number of halogens is 1. The Morgan fingerprint density at radius 2 is 2.39 bits per heavy atom. The van der Waals surface area contributed by atoms with Gasteiger partial charge in [0.25, 0.3) is 5.91 Å². The number of rotatable bonds is 3. The molecule has 1 aromatic heterocycles. The highest BCUT2D eigenvalue weighted by Crippen LogP contribution is 2.29. The van der Waals surface area contributed by atoms with Crippen molar-refractivity contribution in [1.82, 2.24) is 10.3 Å². The average molecular weight is 316 g/mol. The first-order chi connectivity index (χ1) is 8.52. The minimum atomic E-state index is -1.16. The Labute approximate surface area is 111 Å². The van der Waals surface area contributed by atoms with E-state index in [9.17, 15) is 9.59 Å². The highest BCUT2D eigenvalue weighted by Gasteiger charge is 2.38. The number of nitrogens with zero attached hydrogens (tertiary/aromatic N) is 1. The summed E-state index contributed by atoms with van der Waals surface area (Å²) in [6.45, 7) is 0. The maximum atomic E-state index is 11.8. The smallest absolute Gasteiger partial charge is 0.325 e. The number of amides is 1. The van der Waals surface area contributed by atoms with Gasteiger partial charge in [0.15, 0.2) is 17.6 Å². The first-order valence-electron chi connectivity index (χ1n) is 5.07. The molecule has 0 fully saturated rings. The molecule has 0 aliphatic carbocycles. The Balaban J connectivity index is 2.30. The Hall–Kier alpha value is -1.67. The molecule has 2 atom stereocenters. The van der Waals surface area contributed by atoms with E-state index in [4.69, 9.17) is 9.84 Å². The van der Waals surface area contributed by atoms with Gasteiger partial charge in [-0.1, -0.05) is 0 Å². The molecule has 2 heterocycles. The minimum absolute atomic E-state index is 0.269. The van der Waals surface area contributed by atoms with E-state index in [2.05, 4.69) is 31.5 Å². The number of carbonyl (C=O) groups is 2. The van der Waals surface area contributed by atoms with Crippen LogP contribution in [0.15, 0.2) is 16.7 Å². The summed E-state index contributed by atoms with van der Waals surface area (Å²) in [5, 5.41) is 14.0. The molecule has 7 nitrogen and oxygen atoms in total. The van der Waals surface area contributed by atoms with Gasteiger partial charge in [0.2, 0.25) is 6.10 Å². The van der Waals surface area contributed by atoms with Gasteiger partial charge in [-0.2, -0.15) is 0 Å². The van der Waals surface area contributed by atoms with Gasteiger partial charge >= 0.3 is 5.97 Å². The largest absolute Gasteiger partial charge is 0.480 e. The number of ether oxygens (including phenoxy) is 1. The Bertz CT molecular complexity index is 508. The lowest BCUT2D eigenvalue weighted by atomic mass is 10.1. The number of likely N-dealkylation sites (N-methyl/N-ethyl adjacent to an activating group) is 1. The number of fused-ring (bicyclic) bond motifs is 1. The standard InChI is InChI=1S/C10H10BrN3O4/c1-12-6(10(16)17)7-9(15)14-8-4(18-7)2-3-5(11)13-8/h2-3,6-7,12H,1H3,(H,16,17)(H,13,14,15). The van der Waals surface area contributed by atoms with Gasteiger partial charge in [-0.25, -0.2) is 4.98 Å². The molecule has 0 saturated carbocycles. The van der Waals surface area contributed by atoms with Crippen LogP contribution in [0.25, 0.3) is 0 Å². The van der Waals surface area contributed by atoms with Crippen LogP contribution in [0.3, 0.4) is 0 Å². The van der Waals surface area contributed by atoms with Crippen molar-refractivity contribution in [1.29, 1.82) is 0 Å². The van der Waals surface area contributed by atoms with Crippen molar-refractivity contribution in [3.05, 3.63) is 16.7 Å². The van der Waals surface area contributed by atoms with Crippen molar-refractivity contribution in [2.24, 2.45) is 0 Å². The average Bonchev–Trinajstić information content (AvgIpc) is 2.30. The summed E-state index contributed by atoms with van der Waals surface area (Å²) in [7, 11) is 1.45. The summed E-state index contributed by atoms with van der Waals surface area (Å²) in [5.74, 6) is -1.10. The molecule has 1 amide bonds. The van der Waals surface area contributed by atoms with Crippen LogP contribution >= 0.6 is 15.9 Å². The molecule has 96 valence electrons. The molecule has 8 heteroatoms. The Kier molecular flexibility index (Phi) is 3.48. The predicted octanol–water partition coefficient (Wildman–Crippen LogP) is 0.216. The Morgan fingerprint density at radius 1 is 1.67 bits per heavy atom. The number of aliphatic carboxylic acids is 1. The fraction of sp³-hybridized carbons (Fsp3) is 0.300. The van der Waals surface area contributed by atoms with E-state index >= 15 is 0 Å². The van der Waals surface area contributed by atoms with Gasteiger partial charge in [0.05, 0.1) is 0 Å². The first-order valence-corrected chi connectivity index (χ1v) is 5.86. The van der Waals surface area contributed by atoms with Crippen molar-refractivity contribution >= 4 is 33.6 Å². The quantitative estimate of drug-likeness (QED) is 0.690. The monoisotopic (exact) mass is 315 g/mol. The lowest BCUT2D eigenvalue weighted by Gasteiger charge is -2.28. The van der Waals surface area contributed by atoms with Crippen LogP contribution in [0.1, 0.15) is 0 Å². The molecule has 0 saturated heterocycles. The van der Waals surface area contributed by atoms with Crippen LogP contribution in [-0.2, 0) is 9.59 Å². The zero-order chi connectivity index (χ0) is 13.3. The van der Waals surface area contributed by atoms with Crippen LogP contribution in [0.2, 0.25) is 0 Å². The molecule has 1 aliphatic heterocycles. The van der Waals surface area contributed by atoms with Crippen LogP contribution in [0.4, 0.5) is 5.82 Å². The van der Waals surface area contributed by atoms with E-state index in [1.165, 1.54) is 7.05 Å². The Morgan fingerprint density at radius 3 is 3.00 bits per heavy atom. The number of hydrogen-bond acceptors (Lipinski definition) is 5. The summed E-state index contributed by atoms with van der Waals surface area (Å²) in [5.41, 5.74) is 0. The summed E-state index contributed by atoms with van der Waals surface area (Å²) >= 11 is 3.17. The van der Waals surface area contributed by atoms with E-state index in [0.717, 1.165) is 0 Å². The molecule has 0 radical (unpaired) electrons. The maximum absolute atomic E-state index is 11.8. The van der Waals surface area contributed by atoms with E-state index < -0.39 is 24.0 Å². The number of hydrogen-bond donors (Lipinski definition) is 3. The van der Waals surface area contributed by atoms with Gasteiger partial charge < -0.3 is 20.5 Å². The molecular weight excluding hydrogens is 306 g/mol. The molecule has 2 unspecified atom stereocenters. The second-order valence-electron chi connectivity index (χ2n) is 3.61. The molecule has 2 rings (SSSR count). The van der Waals surface area contributed by atoms with Crippen molar-refractivity contribution in [2.45, 2.75) is 12.1 Å². The number of carbonyl (C=O) groups excluding carboxylic acids is 1. The van der Waals surface area contributed by atoms with Crippen LogP contribution < -0.4 is 15.4 Å². The van der Waals surface area contributed by atoms with Crippen molar-refractivity contribution in [2.75, 3.05) is 12.4 Å². The summed E-state index contributed by atoms with van der Waals surface area (Å²) < 4.78 is 5.92. The number of nitrogens with one attached hydrogen (secondary N) is 2. The number of pyridine rings is 1. The van der Waals surface area contributed by atoms with Crippen molar-refractivity contribution in [3.8, 4) is 5.75 Å². The first kappa shape index (κ1) is 12.8. The zero-order valence-electron chi connectivity index (χ0n) is 9.31. The van der Waals surface area contributed by atoms with E-state index in [0.29, 0.717) is 10.4 Å². The highest BCUT2D eigenvalue weighted by atomic mass is 79.9. The predicted molar refractivity (Wildman–Crippen MR) is 65.5 cm³/mol. The summed E-state index contributed by atoms with van der Waals surface area (Å²) in [6.07, 6.45) is -1.14. The number of aromatic nitrogens is 1. The van der Waals surface area contributed by atoms with Gasteiger partial charge in [-0.15, -0.1) is 0 Å². The minimum Gasteiger partial charge on any atom is -0.480 e. The van der Waals surface area contributed by atoms with Crippen LogP contribution in [-0.4, -0.2) is 41.2 Å². The van der Waals surface area contributed by atoms with Crippen LogP contribution in [0.5, 0.6) is 5.75 Å². The third-order valence-corrected chi connectivity index (χ3v) is 2.90. The normalized spacial score (nSPS) is 19.4. The second kappa shape index (κ2) is 4.91. The van der Waals surface area contributed by atoms with Gasteiger partial charge in [0.1, 0.15) is 4.60 Å². The lowest BCUT2D eigenvalue weighted by Crippen LogP contribution is -2.54. The van der Waals surface area contributed by atoms with Crippen molar-refractivity contribution in [3.63, 3.8) is 0 Å². The van der Waals surface area contributed by atoms with Crippen molar-refractivity contribution < 1.29 is 19.4 Å². The third-order valence-electron chi connectivity index (χ3n) is 2.46. The fourth-order valence-electron chi connectivity index (χ4n) is 1.61. The molecule has 0 bridgehead atoms. The number of anilines is 1. The zero-order valence-corrected chi connectivity index (χ0v) is 10.9. The van der Waals surface area contributed by atoms with Gasteiger partial charge in [0, 0.05) is 0 Å². The van der Waals surface area contributed by atoms with Crippen LogP contribution in [0, 0.1) is 0 Å². The fourth-order valence-corrected chi connectivity index (χ4v) is 1.92. The van der Waals surface area contributed by atoms with E-state index in [1.807, 2.05) is 0 Å². The van der Waals surface area contributed by atoms with E-state index in [1.54, 1.807) is 12.1 Å². The molecule has 1 aliphatic rings. The van der Waals surface area contributed by atoms with Gasteiger partial charge in [-0.05, 0) is 35.1 Å². The summed E-state index contributed by atoms with van der Waals surface area (Å²) in [6, 6.07) is 2.12.